The first-order valence-electron chi connectivity index (χ1n) is 4.77. The SMILES string of the molecule is CC(C)=CCOC(=O)c1cccc(F)c1F. The Labute approximate surface area is 92.5 Å². The standard InChI is InChI=1S/C12H12F2O2/c1-8(2)6-7-16-12(15)9-4-3-5-10(13)11(9)14/h3-6H,7H2,1-2H3. The average molecular weight is 226 g/mol. The zero-order valence-corrected chi connectivity index (χ0v) is 9.09. The summed E-state index contributed by atoms with van der Waals surface area (Å²) in [5.41, 5.74) is 0.592. The normalized spacial score (nSPS) is 9.75. The minimum Gasteiger partial charge on any atom is -0.458 e. The molecule has 1 aromatic rings. The van der Waals surface area contributed by atoms with E-state index in [4.69, 9.17) is 4.74 Å². The third-order valence-electron chi connectivity index (χ3n) is 1.88. The summed E-state index contributed by atoms with van der Waals surface area (Å²) in [5, 5.41) is 0. The van der Waals surface area contributed by atoms with E-state index in [0.717, 1.165) is 11.6 Å². The van der Waals surface area contributed by atoms with Gasteiger partial charge in [-0.3, -0.25) is 0 Å². The zero-order valence-electron chi connectivity index (χ0n) is 9.09. The highest BCUT2D eigenvalue weighted by Gasteiger charge is 2.15. The molecule has 2 nitrogen and oxygen atoms in total. The first kappa shape index (κ1) is 12.4. The third kappa shape index (κ3) is 3.15. The van der Waals surface area contributed by atoms with Crippen LogP contribution in [0.2, 0.25) is 0 Å². The quantitative estimate of drug-likeness (QED) is 0.584. The molecule has 0 spiro atoms. The Morgan fingerprint density at radius 3 is 2.69 bits per heavy atom. The number of rotatable bonds is 3. The maximum atomic E-state index is 13.1. The lowest BCUT2D eigenvalue weighted by atomic mass is 10.2. The van der Waals surface area contributed by atoms with Gasteiger partial charge in [-0.05, 0) is 32.1 Å². The summed E-state index contributed by atoms with van der Waals surface area (Å²) in [6.45, 7) is 3.74. The molecule has 86 valence electrons. The summed E-state index contributed by atoms with van der Waals surface area (Å²) < 4.78 is 30.7. The van der Waals surface area contributed by atoms with Gasteiger partial charge in [0.2, 0.25) is 0 Å². The predicted octanol–water partition coefficient (Wildman–Crippen LogP) is 3.09. The summed E-state index contributed by atoms with van der Waals surface area (Å²) in [7, 11) is 0. The number of allylic oxidation sites excluding steroid dienone is 1. The topological polar surface area (TPSA) is 26.3 Å². The fourth-order valence-electron chi connectivity index (χ4n) is 1.02. The molecular formula is C12H12F2O2. The van der Waals surface area contributed by atoms with Crippen molar-refractivity contribution >= 4 is 5.97 Å². The third-order valence-corrected chi connectivity index (χ3v) is 1.88. The minimum absolute atomic E-state index is 0.0527. The van der Waals surface area contributed by atoms with E-state index in [-0.39, 0.29) is 12.2 Å². The van der Waals surface area contributed by atoms with Crippen LogP contribution in [0.25, 0.3) is 0 Å². The van der Waals surface area contributed by atoms with Crippen LogP contribution in [0.3, 0.4) is 0 Å². The van der Waals surface area contributed by atoms with Crippen LogP contribution in [0.15, 0.2) is 29.8 Å². The van der Waals surface area contributed by atoms with E-state index < -0.39 is 17.6 Å². The highest BCUT2D eigenvalue weighted by atomic mass is 19.2. The molecular weight excluding hydrogens is 214 g/mol. The van der Waals surface area contributed by atoms with Crippen LogP contribution in [-0.2, 0) is 4.74 Å². The Kier molecular flexibility index (Phi) is 4.17. The van der Waals surface area contributed by atoms with Crippen molar-refractivity contribution in [2.45, 2.75) is 13.8 Å². The molecule has 1 aromatic carbocycles. The molecule has 0 amide bonds. The van der Waals surface area contributed by atoms with Gasteiger partial charge < -0.3 is 4.74 Å². The van der Waals surface area contributed by atoms with Gasteiger partial charge in [0, 0.05) is 0 Å². The molecule has 0 unspecified atom stereocenters. The molecule has 0 saturated carbocycles. The van der Waals surface area contributed by atoms with Crippen LogP contribution in [0.4, 0.5) is 8.78 Å². The second-order valence-corrected chi connectivity index (χ2v) is 3.48. The smallest absolute Gasteiger partial charge is 0.341 e. The Morgan fingerprint density at radius 2 is 2.06 bits per heavy atom. The molecule has 0 aliphatic carbocycles. The van der Waals surface area contributed by atoms with Gasteiger partial charge in [-0.25, -0.2) is 13.6 Å². The van der Waals surface area contributed by atoms with Crippen LogP contribution in [0.5, 0.6) is 0 Å². The van der Waals surface area contributed by atoms with Gasteiger partial charge in [-0.2, -0.15) is 0 Å². The van der Waals surface area contributed by atoms with Crippen LogP contribution in [0, 0.1) is 11.6 Å². The fraction of sp³-hybridized carbons (Fsp3) is 0.250. The highest BCUT2D eigenvalue weighted by molar-refractivity contribution is 5.89. The maximum Gasteiger partial charge on any atom is 0.341 e. The monoisotopic (exact) mass is 226 g/mol. The second-order valence-electron chi connectivity index (χ2n) is 3.48. The lowest BCUT2D eigenvalue weighted by molar-refractivity contribution is 0.0542. The van der Waals surface area contributed by atoms with E-state index in [1.54, 1.807) is 6.08 Å². The molecule has 0 aliphatic heterocycles. The minimum atomic E-state index is -1.18. The number of carbonyl (C=O) groups is 1. The van der Waals surface area contributed by atoms with E-state index in [1.807, 2.05) is 13.8 Å². The summed E-state index contributed by atoms with van der Waals surface area (Å²) >= 11 is 0. The number of esters is 1. The van der Waals surface area contributed by atoms with Gasteiger partial charge in [0.05, 0.1) is 5.56 Å². The number of benzene rings is 1. The number of ether oxygens (including phenoxy) is 1. The van der Waals surface area contributed by atoms with Gasteiger partial charge in [0.15, 0.2) is 11.6 Å². The van der Waals surface area contributed by atoms with Crippen molar-refractivity contribution in [3.63, 3.8) is 0 Å². The zero-order chi connectivity index (χ0) is 12.1. The second kappa shape index (κ2) is 5.39. The van der Waals surface area contributed by atoms with Crippen LogP contribution in [-0.4, -0.2) is 12.6 Å². The largest absolute Gasteiger partial charge is 0.458 e. The molecule has 0 atom stereocenters. The van der Waals surface area contributed by atoms with E-state index in [0.29, 0.717) is 0 Å². The van der Waals surface area contributed by atoms with Gasteiger partial charge in [-0.15, -0.1) is 0 Å². The van der Waals surface area contributed by atoms with Crippen molar-refractivity contribution in [1.82, 2.24) is 0 Å². The van der Waals surface area contributed by atoms with Crippen molar-refractivity contribution in [3.8, 4) is 0 Å². The highest BCUT2D eigenvalue weighted by Crippen LogP contribution is 2.12. The van der Waals surface area contributed by atoms with Crippen LogP contribution in [0.1, 0.15) is 24.2 Å². The first-order chi connectivity index (χ1) is 7.52. The summed E-state index contributed by atoms with van der Waals surface area (Å²) in [6, 6.07) is 3.39. The summed E-state index contributed by atoms with van der Waals surface area (Å²) in [4.78, 5) is 11.3. The maximum absolute atomic E-state index is 13.1. The van der Waals surface area contributed by atoms with Gasteiger partial charge >= 0.3 is 5.97 Å². The number of halogens is 2. The van der Waals surface area contributed by atoms with Crippen LogP contribution >= 0.6 is 0 Å². The van der Waals surface area contributed by atoms with E-state index >= 15 is 0 Å². The van der Waals surface area contributed by atoms with Crippen molar-refractivity contribution in [1.29, 1.82) is 0 Å². The van der Waals surface area contributed by atoms with E-state index in [9.17, 15) is 13.6 Å². The Balaban J connectivity index is 2.74. The Bertz CT molecular complexity index is 421. The van der Waals surface area contributed by atoms with Crippen LogP contribution < -0.4 is 0 Å². The average Bonchev–Trinajstić information content (AvgIpc) is 2.21. The predicted molar refractivity (Wildman–Crippen MR) is 56.1 cm³/mol. The number of carbonyl (C=O) groups excluding carboxylic acids is 1. The summed E-state index contributed by atoms with van der Waals surface area (Å²) in [6.07, 6.45) is 1.68. The van der Waals surface area contributed by atoms with Crippen molar-refractivity contribution in [2.75, 3.05) is 6.61 Å². The lowest BCUT2D eigenvalue weighted by Crippen LogP contribution is -2.08. The molecule has 0 heterocycles. The van der Waals surface area contributed by atoms with Gasteiger partial charge in [0.1, 0.15) is 6.61 Å². The Morgan fingerprint density at radius 1 is 1.38 bits per heavy atom. The molecule has 4 heteroatoms. The molecule has 0 aromatic heterocycles. The van der Waals surface area contributed by atoms with Crippen molar-refractivity contribution in [3.05, 3.63) is 47.0 Å². The molecule has 0 radical (unpaired) electrons. The molecule has 1 rings (SSSR count). The van der Waals surface area contributed by atoms with Gasteiger partial charge in [-0.1, -0.05) is 11.6 Å². The molecule has 0 aliphatic rings. The molecule has 0 bridgehead atoms. The molecule has 16 heavy (non-hydrogen) atoms. The number of hydrogen-bond acceptors (Lipinski definition) is 2. The summed E-state index contributed by atoms with van der Waals surface area (Å²) in [5.74, 6) is -3.10. The molecule has 0 fully saturated rings. The van der Waals surface area contributed by atoms with Crippen molar-refractivity contribution in [2.24, 2.45) is 0 Å². The van der Waals surface area contributed by atoms with E-state index in [2.05, 4.69) is 0 Å². The molecule has 0 saturated heterocycles. The Hall–Kier alpha value is -1.71. The van der Waals surface area contributed by atoms with E-state index in [1.165, 1.54) is 12.1 Å². The fourth-order valence-corrected chi connectivity index (χ4v) is 1.02. The lowest BCUT2D eigenvalue weighted by Gasteiger charge is -2.03. The first-order valence-corrected chi connectivity index (χ1v) is 4.77. The number of hydrogen-bond donors (Lipinski definition) is 0. The van der Waals surface area contributed by atoms with Crippen molar-refractivity contribution < 1.29 is 18.3 Å². The molecule has 0 N–H and O–H groups in total. The van der Waals surface area contributed by atoms with Gasteiger partial charge in [0.25, 0.3) is 0 Å².